The number of hydrogen-bond donors (Lipinski definition) is 2. The fraction of sp³-hybridized carbons (Fsp3) is 0.929. The van der Waals surface area contributed by atoms with E-state index in [0.717, 1.165) is 12.5 Å². The predicted octanol–water partition coefficient (Wildman–Crippen LogP) is 2.74. The van der Waals surface area contributed by atoms with Gasteiger partial charge in [0.25, 0.3) is 0 Å². The zero-order valence-corrected chi connectivity index (χ0v) is 12.8. The summed E-state index contributed by atoms with van der Waals surface area (Å²) in [6.07, 6.45) is 7.57. The topological polar surface area (TPSA) is 41.1 Å². The van der Waals surface area contributed by atoms with Crippen LogP contribution in [-0.2, 0) is 4.79 Å². The first-order chi connectivity index (χ1) is 8.17. The molecular weight excluding hydrogens is 248 g/mol. The second-order valence-electron chi connectivity index (χ2n) is 5.47. The maximum Gasteiger partial charge on any atom is 0.224 e. The molecule has 0 heterocycles. The minimum absolute atomic E-state index is 0. The van der Waals surface area contributed by atoms with Crippen molar-refractivity contribution in [3.8, 4) is 0 Å². The summed E-state index contributed by atoms with van der Waals surface area (Å²) in [5.41, 5.74) is 0. The van der Waals surface area contributed by atoms with Gasteiger partial charge in [-0.05, 0) is 38.6 Å². The van der Waals surface area contributed by atoms with Gasteiger partial charge < -0.3 is 10.6 Å². The van der Waals surface area contributed by atoms with Crippen LogP contribution in [0.1, 0.15) is 52.4 Å². The van der Waals surface area contributed by atoms with Crippen LogP contribution in [0.2, 0.25) is 0 Å². The van der Waals surface area contributed by atoms with Gasteiger partial charge >= 0.3 is 0 Å². The van der Waals surface area contributed by atoms with Gasteiger partial charge in [0.05, 0.1) is 0 Å². The molecule has 1 amide bonds. The van der Waals surface area contributed by atoms with E-state index in [1.807, 2.05) is 14.0 Å². The lowest BCUT2D eigenvalue weighted by molar-refractivity contribution is -0.125. The van der Waals surface area contributed by atoms with Crippen LogP contribution in [0.15, 0.2) is 0 Å². The van der Waals surface area contributed by atoms with E-state index in [1.54, 1.807) is 0 Å². The minimum atomic E-state index is 0. The maximum atomic E-state index is 11.9. The fourth-order valence-corrected chi connectivity index (χ4v) is 2.75. The Hall–Kier alpha value is -0.280. The van der Waals surface area contributed by atoms with E-state index in [0.29, 0.717) is 6.04 Å². The van der Waals surface area contributed by atoms with Crippen molar-refractivity contribution in [2.75, 3.05) is 13.6 Å². The summed E-state index contributed by atoms with van der Waals surface area (Å²) in [6.45, 7) is 5.00. The molecule has 1 aliphatic rings. The molecule has 4 heteroatoms. The van der Waals surface area contributed by atoms with Gasteiger partial charge in [0.15, 0.2) is 0 Å². The fourth-order valence-electron chi connectivity index (χ4n) is 2.75. The molecule has 0 aromatic carbocycles. The third kappa shape index (κ3) is 6.05. The number of nitrogens with one attached hydrogen (secondary N) is 2. The Bertz CT molecular complexity index is 228. The van der Waals surface area contributed by atoms with Crippen LogP contribution < -0.4 is 10.6 Å². The average Bonchev–Trinajstić information content (AvgIpc) is 2.32. The quantitative estimate of drug-likeness (QED) is 0.783. The van der Waals surface area contributed by atoms with Gasteiger partial charge in [-0.15, -0.1) is 12.4 Å². The molecule has 0 bridgehead atoms. The zero-order chi connectivity index (χ0) is 12.7. The number of amides is 1. The Morgan fingerprint density at radius 3 is 2.39 bits per heavy atom. The van der Waals surface area contributed by atoms with Crippen LogP contribution in [-0.4, -0.2) is 25.5 Å². The highest BCUT2D eigenvalue weighted by Gasteiger charge is 2.23. The summed E-state index contributed by atoms with van der Waals surface area (Å²) in [7, 11) is 1.89. The lowest BCUT2D eigenvalue weighted by atomic mass is 9.83. The molecule has 1 atom stereocenters. The molecule has 2 N–H and O–H groups in total. The number of halogens is 1. The smallest absolute Gasteiger partial charge is 0.224 e. The summed E-state index contributed by atoms with van der Waals surface area (Å²) in [5.74, 6) is 1.19. The first-order valence-corrected chi connectivity index (χ1v) is 7.12. The van der Waals surface area contributed by atoms with Gasteiger partial charge in [-0.1, -0.05) is 26.7 Å². The van der Waals surface area contributed by atoms with Crippen molar-refractivity contribution < 1.29 is 4.79 Å². The summed E-state index contributed by atoms with van der Waals surface area (Å²) < 4.78 is 0. The van der Waals surface area contributed by atoms with Gasteiger partial charge in [-0.2, -0.15) is 0 Å². The van der Waals surface area contributed by atoms with E-state index < -0.39 is 0 Å². The van der Waals surface area contributed by atoms with Crippen molar-refractivity contribution in [3.05, 3.63) is 0 Å². The maximum absolute atomic E-state index is 11.9. The van der Waals surface area contributed by atoms with Crippen molar-refractivity contribution in [2.45, 2.75) is 58.4 Å². The predicted molar refractivity (Wildman–Crippen MR) is 79.1 cm³/mol. The van der Waals surface area contributed by atoms with Crippen LogP contribution in [0, 0.1) is 11.8 Å². The number of carbonyl (C=O) groups is 1. The molecule has 108 valence electrons. The van der Waals surface area contributed by atoms with E-state index in [2.05, 4.69) is 17.6 Å². The third-order valence-corrected chi connectivity index (χ3v) is 3.85. The molecule has 3 nitrogen and oxygen atoms in total. The molecular formula is C14H29ClN2O. The third-order valence-electron chi connectivity index (χ3n) is 3.85. The molecule has 18 heavy (non-hydrogen) atoms. The summed E-state index contributed by atoms with van der Waals surface area (Å²) in [5, 5.41) is 6.24. The minimum Gasteiger partial charge on any atom is -0.353 e. The van der Waals surface area contributed by atoms with Crippen molar-refractivity contribution in [2.24, 2.45) is 11.8 Å². The van der Waals surface area contributed by atoms with Crippen molar-refractivity contribution in [1.29, 1.82) is 0 Å². The molecule has 1 fully saturated rings. The second kappa shape index (κ2) is 9.62. The highest BCUT2D eigenvalue weighted by molar-refractivity contribution is 5.85. The van der Waals surface area contributed by atoms with Crippen LogP contribution in [0.5, 0.6) is 0 Å². The molecule has 0 radical (unpaired) electrons. The number of hydrogen-bond acceptors (Lipinski definition) is 2. The summed E-state index contributed by atoms with van der Waals surface area (Å²) in [4.78, 5) is 11.9. The SMILES string of the molecule is CCCC1CCC(NC(=O)C(C)CNC)CC1.Cl. The lowest BCUT2D eigenvalue weighted by Crippen LogP contribution is -2.42. The Balaban J connectivity index is 0.00000289. The largest absolute Gasteiger partial charge is 0.353 e. The highest BCUT2D eigenvalue weighted by Crippen LogP contribution is 2.27. The zero-order valence-electron chi connectivity index (χ0n) is 12.0. The van der Waals surface area contributed by atoms with Gasteiger partial charge in [-0.3, -0.25) is 4.79 Å². The molecule has 0 saturated heterocycles. The standard InChI is InChI=1S/C14H28N2O.ClH/c1-4-5-12-6-8-13(9-7-12)16-14(17)11(2)10-15-3;/h11-13,15H,4-10H2,1-3H3,(H,16,17);1H. The van der Waals surface area contributed by atoms with Crippen LogP contribution in [0.4, 0.5) is 0 Å². The molecule has 1 aliphatic carbocycles. The molecule has 1 rings (SSSR count). The van der Waals surface area contributed by atoms with Crippen molar-refractivity contribution in [1.82, 2.24) is 10.6 Å². The Kier molecular flexibility index (Phi) is 9.47. The Morgan fingerprint density at radius 2 is 1.89 bits per heavy atom. The van der Waals surface area contributed by atoms with Gasteiger partial charge in [0.2, 0.25) is 5.91 Å². The monoisotopic (exact) mass is 276 g/mol. The van der Waals surface area contributed by atoms with Gasteiger partial charge in [0.1, 0.15) is 0 Å². The van der Waals surface area contributed by atoms with E-state index in [1.165, 1.54) is 38.5 Å². The average molecular weight is 277 g/mol. The molecule has 0 aromatic heterocycles. The lowest BCUT2D eigenvalue weighted by Gasteiger charge is -2.29. The molecule has 1 unspecified atom stereocenters. The molecule has 0 spiro atoms. The Morgan fingerprint density at radius 1 is 1.28 bits per heavy atom. The number of carbonyl (C=O) groups excluding carboxylic acids is 1. The molecule has 0 aliphatic heterocycles. The molecule has 1 saturated carbocycles. The van der Waals surface area contributed by atoms with Crippen LogP contribution in [0.25, 0.3) is 0 Å². The summed E-state index contributed by atoms with van der Waals surface area (Å²) in [6, 6.07) is 0.426. The van der Waals surface area contributed by atoms with E-state index in [-0.39, 0.29) is 24.2 Å². The first-order valence-electron chi connectivity index (χ1n) is 7.12. The normalized spacial score (nSPS) is 25.1. The second-order valence-corrected chi connectivity index (χ2v) is 5.47. The summed E-state index contributed by atoms with van der Waals surface area (Å²) >= 11 is 0. The number of rotatable bonds is 6. The van der Waals surface area contributed by atoms with Gasteiger partial charge in [0, 0.05) is 18.5 Å². The van der Waals surface area contributed by atoms with E-state index in [4.69, 9.17) is 0 Å². The highest BCUT2D eigenvalue weighted by atomic mass is 35.5. The van der Waals surface area contributed by atoms with E-state index >= 15 is 0 Å². The van der Waals surface area contributed by atoms with Crippen molar-refractivity contribution >= 4 is 18.3 Å². The first kappa shape index (κ1) is 17.7. The van der Waals surface area contributed by atoms with Gasteiger partial charge in [-0.25, -0.2) is 0 Å². The van der Waals surface area contributed by atoms with E-state index in [9.17, 15) is 4.79 Å². The van der Waals surface area contributed by atoms with Crippen LogP contribution in [0.3, 0.4) is 0 Å². The molecule has 0 aromatic rings. The van der Waals surface area contributed by atoms with Crippen molar-refractivity contribution in [3.63, 3.8) is 0 Å². The Labute approximate surface area is 118 Å². The van der Waals surface area contributed by atoms with Crippen LogP contribution >= 0.6 is 12.4 Å².